The lowest BCUT2D eigenvalue weighted by atomic mass is 10.0. The van der Waals surface area contributed by atoms with Crippen LogP contribution in [0.2, 0.25) is 5.02 Å². The van der Waals surface area contributed by atoms with Gasteiger partial charge in [-0.1, -0.05) is 47.4 Å². The SMILES string of the molecule is CC(C)/C(C=O)=C/c1ccc(Cl)cc1Br. The van der Waals surface area contributed by atoms with Gasteiger partial charge in [0.25, 0.3) is 0 Å². The lowest BCUT2D eigenvalue weighted by Gasteiger charge is -2.05. The first kappa shape index (κ1) is 12.5. The second-order valence-corrected chi connectivity index (χ2v) is 4.87. The first-order valence-electron chi connectivity index (χ1n) is 4.66. The predicted octanol–water partition coefficient (Wildman–Crippen LogP) is 4.34. The smallest absolute Gasteiger partial charge is 0.146 e. The fraction of sp³-hybridized carbons (Fsp3) is 0.250. The topological polar surface area (TPSA) is 17.1 Å². The molecule has 1 aromatic rings. The maximum absolute atomic E-state index is 10.8. The summed E-state index contributed by atoms with van der Waals surface area (Å²) in [6, 6.07) is 5.51. The van der Waals surface area contributed by atoms with E-state index in [4.69, 9.17) is 11.6 Å². The molecule has 0 saturated carbocycles. The molecule has 15 heavy (non-hydrogen) atoms. The van der Waals surface area contributed by atoms with Gasteiger partial charge in [-0.15, -0.1) is 0 Å². The molecule has 1 nitrogen and oxygen atoms in total. The predicted molar refractivity (Wildman–Crippen MR) is 68.0 cm³/mol. The Kier molecular flexibility index (Phi) is 4.55. The van der Waals surface area contributed by atoms with Gasteiger partial charge in [0.1, 0.15) is 6.29 Å². The summed E-state index contributed by atoms with van der Waals surface area (Å²) in [5.74, 6) is 0.227. The third-order valence-electron chi connectivity index (χ3n) is 2.09. The average Bonchev–Trinajstić information content (AvgIpc) is 2.16. The van der Waals surface area contributed by atoms with Crippen LogP contribution in [-0.4, -0.2) is 6.29 Å². The highest BCUT2D eigenvalue weighted by Gasteiger charge is 2.04. The summed E-state index contributed by atoms with van der Waals surface area (Å²) in [6.45, 7) is 3.98. The van der Waals surface area contributed by atoms with Crippen molar-refractivity contribution in [2.24, 2.45) is 5.92 Å². The molecule has 0 aliphatic carbocycles. The number of carbonyl (C=O) groups excluding carboxylic acids is 1. The lowest BCUT2D eigenvalue weighted by molar-refractivity contribution is -0.105. The standard InChI is InChI=1S/C12H12BrClO/c1-8(2)10(7-15)5-9-3-4-11(14)6-12(9)13/h3-8H,1-2H3/b10-5+. The number of halogens is 2. The largest absolute Gasteiger partial charge is 0.298 e. The fourth-order valence-electron chi connectivity index (χ4n) is 1.13. The van der Waals surface area contributed by atoms with Crippen LogP contribution in [0.5, 0.6) is 0 Å². The van der Waals surface area contributed by atoms with Crippen molar-refractivity contribution in [3.05, 3.63) is 38.8 Å². The average molecular weight is 288 g/mol. The number of benzene rings is 1. The zero-order valence-electron chi connectivity index (χ0n) is 8.63. The van der Waals surface area contributed by atoms with Gasteiger partial charge in [0.2, 0.25) is 0 Å². The van der Waals surface area contributed by atoms with Gasteiger partial charge in [-0.3, -0.25) is 4.79 Å². The van der Waals surface area contributed by atoms with E-state index < -0.39 is 0 Å². The van der Waals surface area contributed by atoms with Gasteiger partial charge in [0, 0.05) is 9.50 Å². The van der Waals surface area contributed by atoms with Gasteiger partial charge in [-0.25, -0.2) is 0 Å². The van der Waals surface area contributed by atoms with Gasteiger partial charge in [-0.05, 0) is 35.3 Å². The molecule has 0 aliphatic rings. The van der Waals surface area contributed by atoms with Crippen molar-refractivity contribution in [1.82, 2.24) is 0 Å². The van der Waals surface area contributed by atoms with Crippen molar-refractivity contribution in [2.75, 3.05) is 0 Å². The molecule has 0 N–H and O–H groups in total. The number of hydrogen-bond acceptors (Lipinski definition) is 1. The Morgan fingerprint density at radius 3 is 2.60 bits per heavy atom. The molecule has 0 aromatic heterocycles. The second-order valence-electron chi connectivity index (χ2n) is 3.58. The minimum absolute atomic E-state index is 0.227. The Bertz CT molecular complexity index is 397. The second kappa shape index (κ2) is 5.47. The quantitative estimate of drug-likeness (QED) is 0.597. The van der Waals surface area contributed by atoms with Crippen molar-refractivity contribution in [3.8, 4) is 0 Å². The van der Waals surface area contributed by atoms with Crippen molar-refractivity contribution in [1.29, 1.82) is 0 Å². The summed E-state index contributed by atoms with van der Waals surface area (Å²) in [6.07, 6.45) is 2.77. The van der Waals surface area contributed by atoms with E-state index in [2.05, 4.69) is 15.9 Å². The summed E-state index contributed by atoms with van der Waals surface area (Å²) in [7, 11) is 0. The Morgan fingerprint density at radius 2 is 2.13 bits per heavy atom. The van der Waals surface area contributed by atoms with E-state index >= 15 is 0 Å². The van der Waals surface area contributed by atoms with Crippen molar-refractivity contribution < 1.29 is 4.79 Å². The van der Waals surface area contributed by atoms with Gasteiger partial charge in [0.05, 0.1) is 0 Å². The van der Waals surface area contributed by atoms with E-state index in [0.29, 0.717) is 5.02 Å². The number of rotatable bonds is 3. The first-order chi connectivity index (χ1) is 7.04. The highest BCUT2D eigenvalue weighted by Crippen LogP contribution is 2.24. The van der Waals surface area contributed by atoms with Crippen molar-refractivity contribution in [2.45, 2.75) is 13.8 Å². The first-order valence-corrected chi connectivity index (χ1v) is 5.83. The molecule has 0 atom stereocenters. The van der Waals surface area contributed by atoms with E-state index in [0.717, 1.165) is 21.9 Å². The number of hydrogen-bond donors (Lipinski definition) is 0. The van der Waals surface area contributed by atoms with Crippen molar-refractivity contribution in [3.63, 3.8) is 0 Å². The molecule has 80 valence electrons. The maximum atomic E-state index is 10.8. The Balaban J connectivity index is 3.11. The van der Waals surface area contributed by atoms with Crippen LogP contribution in [0.15, 0.2) is 28.2 Å². The molecule has 0 saturated heterocycles. The van der Waals surface area contributed by atoms with E-state index in [-0.39, 0.29) is 5.92 Å². The summed E-state index contributed by atoms with van der Waals surface area (Å²) in [5, 5.41) is 0.677. The van der Waals surface area contributed by atoms with Gasteiger partial charge in [0.15, 0.2) is 0 Å². The number of carbonyl (C=O) groups is 1. The molecule has 1 aromatic carbocycles. The molecule has 0 bridgehead atoms. The molecule has 0 spiro atoms. The minimum atomic E-state index is 0.227. The number of allylic oxidation sites excluding steroid dienone is 1. The molecular formula is C12H12BrClO. The third kappa shape index (κ3) is 3.47. The summed E-state index contributed by atoms with van der Waals surface area (Å²) < 4.78 is 0.898. The van der Waals surface area contributed by atoms with Crippen LogP contribution in [0, 0.1) is 5.92 Å². The molecule has 0 aliphatic heterocycles. The van der Waals surface area contributed by atoms with Crippen LogP contribution in [0.4, 0.5) is 0 Å². The van der Waals surface area contributed by atoms with E-state index in [1.54, 1.807) is 6.07 Å². The summed E-state index contributed by atoms with van der Waals surface area (Å²) in [4.78, 5) is 10.8. The zero-order valence-corrected chi connectivity index (χ0v) is 11.0. The Morgan fingerprint density at radius 1 is 1.47 bits per heavy atom. The van der Waals surface area contributed by atoms with Gasteiger partial charge < -0.3 is 0 Å². The van der Waals surface area contributed by atoms with Gasteiger partial charge >= 0.3 is 0 Å². The molecular weight excluding hydrogens is 275 g/mol. The molecule has 3 heteroatoms. The van der Waals surface area contributed by atoms with Crippen LogP contribution in [0.25, 0.3) is 6.08 Å². The molecule has 0 heterocycles. The van der Waals surface area contributed by atoms with Gasteiger partial charge in [-0.2, -0.15) is 0 Å². The molecule has 0 radical (unpaired) electrons. The number of aldehydes is 1. The normalized spacial score (nSPS) is 11.9. The Hall–Kier alpha value is -0.600. The Labute approximate surface area is 103 Å². The fourth-order valence-corrected chi connectivity index (χ4v) is 1.93. The van der Waals surface area contributed by atoms with E-state index in [9.17, 15) is 4.79 Å². The molecule has 1 rings (SSSR count). The highest BCUT2D eigenvalue weighted by molar-refractivity contribution is 9.10. The maximum Gasteiger partial charge on any atom is 0.146 e. The third-order valence-corrected chi connectivity index (χ3v) is 3.01. The van der Waals surface area contributed by atoms with E-state index in [1.807, 2.05) is 32.1 Å². The monoisotopic (exact) mass is 286 g/mol. The molecule has 0 fully saturated rings. The van der Waals surface area contributed by atoms with Crippen LogP contribution < -0.4 is 0 Å². The van der Waals surface area contributed by atoms with E-state index in [1.165, 1.54) is 0 Å². The van der Waals surface area contributed by atoms with Crippen LogP contribution >= 0.6 is 27.5 Å². The minimum Gasteiger partial charge on any atom is -0.298 e. The summed E-state index contributed by atoms with van der Waals surface area (Å²) in [5.41, 5.74) is 1.74. The molecule has 0 unspecified atom stereocenters. The van der Waals surface area contributed by atoms with Crippen LogP contribution in [-0.2, 0) is 4.79 Å². The van der Waals surface area contributed by atoms with Crippen LogP contribution in [0.3, 0.4) is 0 Å². The molecule has 0 amide bonds. The lowest BCUT2D eigenvalue weighted by Crippen LogP contribution is -1.95. The zero-order chi connectivity index (χ0) is 11.4. The highest BCUT2D eigenvalue weighted by atomic mass is 79.9. The summed E-state index contributed by atoms with van der Waals surface area (Å²) >= 11 is 9.24. The van der Waals surface area contributed by atoms with Crippen LogP contribution in [0.1, 0.15) is 19.4 Å². The van der Waals surface area contributed by atoms with Crippen molar-refractivity contribution >= 4 is 39.9 Å².